The second-order valence-corrected chi connectivity index (χ2v) is 4.25. The van der Waals surface area contributed by atoms with E-state index in [1.807, 2.05) is 6.07 Å². The highest BCUT2D eigenvalue weighted by Gasteiger charge is 2.39. The number of ether oxygens (including phenoxy) is 1. The molecule has 1 aliphatic rings. The predicted octanol–water partition coefficient (Wildman–Crippen LogP) is 0.435. The minimum Gasteiger partial charge on any atom is -0.467 e. The molecule has 0 saturated carbocycles. The summed E-state index contributed by atoms with van der Waals surface area (Å²) in [5.41, 5.74) is 0.500. The van der Waals surface area contributed by atoms with E-state index < -0.39 is 18.1 Å². The summed E-state index contributed by atoms with van der Waals surface area (Å²) in [4.78, 5) is 25.2. The summed E-state index contributed by atoms with van der Waals surface area (Å²) < 4.78 is 4.65. The molecule has 0 aromatic heterocycles. The van der Waals surface area contributed by atoms with Crippen LogP contribution in [-0.2, 0) is 9.53 Å². The zero-order valence-corrected chi connectivity index (χ0v) is 10.1. The maximum absolute atomic E-state index is 12.2. The van der Waals surface area contributed by atoms with E-state index in [1.165, 1.54) is 12.0 Å². The largest absolute Gasteiger partial charge is 0.467 e. The number of hydrogen-bond donors (Lipinski definition) is 1. The fourth-order valence-corrected chi connectivity index (χ4v) is 2.14. The van der Waals surface area contributed by atoms with Gasteiger partial charge in [-0.05, 0) is 12.1 Å². The van der Waals surface area contributed by atoms with E-state index in [0.29, 0.717) is 5.56 Å². The topological polar surface area (TPSA) is 66.8 Å². The van der Waals surface area contributed by atoms with E-state index in [1.54, 1.807) is 24.3 Å². The van der Waals surface area contributed by atoms with Crippen molar-refractivity contribution in [3.8, 4) is 0 Å². The number of amides is 1. The molecule has 5 nitrogen and oxygen atoms in total. The van der Waals surface area contributed by atoms with Crippen molar-refractivity contribution in [2.45, 2.75) is 18.6 Å². The first kappa shape index (κ1) is 12.6. The predicted molar refractivity (Wildman–Crippen MR) is 63.9 cm³/mol. The number of likely N-dealkylation sites (tertiary alicyclic amines) is 1. The van der Waals surface area contributed by atoms with Crippen LogP contribution in [0.2, 0.25) is 0 Å². The summed E-state index contributed by atoms with van der Waals surface area (Å²) in [6.07, 6.45) is -0.451. The highest BCUT2D eigenvalue weighted by molar-refractivity contribution is 5.97. The number of benzene rings is 1. The SMILES string of the molecule is COC(=O)[C@@H]1C[C@H](O)CN1C(=O)c1ccccc1. The van der Waals surface area contributed by atoms with Gasteiger partial charge in [0.15, 0.2) is 0 Å². The van der Waals surface area contributed by atoms with Gasteiger partial charge in [0.1, 0.15) is 6.04 Å². The summed E-state index contributed by atoms with van der Waals surface area (Å²) in [5.74, 6) is -0.751. The van der Waals surface area contributed by atoms with Crippen LogP contribution in [0.25, 0.3) is 0 Å². The number of methoxy groups -OCH3 is 1. The number of hydrogen-bond acceptors (Lipinski definition) is 4. The average Bonchev–Trinajstić information content (AvgIpc) is 2.80. The molecule has 2 rings (SSSR count). The number of aliphatic hydroxyl groups excluding tert-OH is 1. The Morgan fingerprint density at radius 2 is 2.00 bits per heavy atom. The van der Waals surface area contributed by atoms with Crippen molar-refractivity contribution < 1.29 is 19.4 Å². The molecular formula is C13H15NO4. The summed E-state index contributed by atoms with van der Waals surface area (Å²) in [5, 5.41) is 9.61. The molecule has 18 heavy (non-hydrogen) atoms. The molecule has 0 unspecified atom stereocenters. The Morgan fingerprint density at radius 1 is 1.33 bits per heavy atom. The Balaban J connectivity index is 2.21. The first-order valence-corrected chi connectivity index (χ1v) is 5.75. The van der Waals surface area contributed by atoms with Crippen LogP contribution in [0.15, 0.2) is 30.3 Å². The molecule has 1 saturated heterocycles. The molecule has 1 aromatic rings. The van der Waals surface area contributed by atoms with E-state index in [-0.39, 0.29) is 18.9 Å². The van der Waals surface area contributed by atoms with Gasteiger partial charge < -0.3 is 14.7 Å². The van der Waals surface area contributed by atoms with Crippen molar-refractivity contribution in [2.75, 3.05) is 13.7 Å². The Hall–Kier alpha value is -1.88. The Labute approximate surface area is 105 Å². The number of carbonyl (C=O) groups is 2. The minimum atomic E-state index is -0.697. The van der Waals surface area contributed by atoms with Crippen molar-refractivity contribution in [3.05, 3.63) is 35.9 Å². The maximum Gasteiger partial charge on any atom is 0.328 e. The molecule has 5 heteroatoms. The van der Waals surface area contributed by atoms with Gasteiger partial charge in [-0.25, -0.2) is 4.79 Å². The number of rotatable bonds is 2. The van der Waals surface area contributed by atoms with Crippen molar-refractivity contribution in [3.63, 3.8) is 0 Å². The standard InChI is InChI=1S/C13H15NO4/c1-18-13(17)11-7-10(15)8-14(11)12(16)9-5-3-2-4-6-9/h2-6,10-11,15H,7-8H2,1H3/t10-,11-/m0/s1. The molecule has 0 bridgehead atoms. The van der Waals surface area contributed by atoms with Crippen LogP contribution in [0.5, 0.6) is 0 Å². The van der Waals surface area contributed by atoms with Gasteiger partial charge in [-0.15, -0.1) is 0 Å². The second kappa shape index (κ2) is 5.18. The lowest BCUT2D eigenvalue weighted by atomic mass is 10.1. The summed E-state index contributed by atoms with van der Waals surface area (Å²) in [7, 11) is 1.28. The smallest absolute Gasteiger partial charge is 0.328 e. The van der Waals surface area contributed by atoms with Gasteiger partial charge in [0.05, 0.1) is 13.2 Å². The van der Waals surface area contributed by atoms with E-state index in [2.05, 4.69) is 4.74 Å². The van der Waals surface area contributed by atoms with Crippen molar-refractivity contribution in [2.24, 2.45) is 0 Å². The third-order valence-corrected chi connectivity index (χ3v) is 3.03. The number of aliphatic hydroxyl groups is 1. The van der Waals surface area contributed by atoms with E-state index >= 15 is 0 Å². The third kappa shape index (κ3) is 2.36. The molecule has 0 spiro atoms. The molecule has 0 radical (unpaired) electrons. The van der Waals surface area contributed by atoms with Gasteiger partial charge in [0.25, 0.3) is 5.91 Å². The number of nitrogens with zero attached hydrogens (tertiary/aromatic N) is 1. The van der Waals surface area contributed by atoms with Gasteiger partial charge in [-0.3, -0.25) is 4.79 Å². The Bertz CT molecular complexity index is 446. The Morgan fingerprint density at radius 3 is 2.61 bits per heavy atom. The minimum absolute atomic E-state index is 0.160. The summed E-state index contributed by atoms with van der Waals surface area (Å²) in [6.45, 7) is 0.160. The zero-order chi connectivity index (χ0) is 13.1. The van der Waals surface area contributed by atoms with Crippen molar-refractivity contribution in [1.82, 2.24) is 4.90 Å². The van der Waals surface area contributed by atoms with E-state index in [0.717, 1.165) is 0 Å². The van der Waals surface area contributed by atoms with Crippen LogP contribution in [0.3, 0.4) is 0 Å². The van der Waals surface area contributed by atoms with Crippen LogP contribution in [0.1, 0.15) is 16.8 Å². The van der Waals surface area contributed by atoms with Crippen LogP contribution >= 0.6 is 0 Å². The summed E-state index contributed by atoms with van der Waals surface area (Å²) >= 11 is 0. The lowest BCUT2D eigenvalue weighted by Gasteiger charge is -2.22. The number of β-amino-alcohol motifs (C(OH)–C–C–N with tert-alkyl or cyclic N) is 1. The molecule has 0 aliphatic carbocycles. The lowest BCUT2D eigenvalue weighted by molar-refractivity contribution is -0.145. The van der Waals surface area contributed by atoms with Crippen LogP contribution in [0.4, 0.5) is 0 Å². The summed E-state index contributed by atoms with van der Waals surface area (Å²) in [6, 6.07) is 7.99. The number of carbonyl (C=O) groups excluding carboxylic acids is 2. The van der Waals surface area contributed by atoms with Gasteiger partial charge >= 0.3 is 5.97 Å². The molecule has 1 aliphatic heterocycles. The van der Waals surface area contributed by atoms with Crippen molar-refractivity contribution in [1.29, 1.82) is 0 Å². The third-order valence-electron chi connectivity index (χ3n) is 3.03. The fourth-order valence-electron chi connectivity index (χ4n) is 2.14. The zero-order valence-electron chi connectivity index (χ0n) is 10.1. The molecular weight excluding hydrogens is 234 g/mol. The van der Waals surface area contributed by atoms with E-state index in [9.17, 15) is 14.7 Å². The molecule has 1 aromatic carbocycles. The molecule has 1 amide bonds. The molecule has 1 heterocycles. The van der Waals surface area contributed by atoms with Gasteiger partial charge in [-0.1, -0.05) is 18.2 Å². The first-order chi connectivity index (χ1) is 8.63. The average molecular weight is 249 g/mol. The van der Waals surface area contributed by atoms with Gasteiger partial charge in [0.2, 0.25) is 0 Å². The monoisotopic (exact) mass is 249 g/mol. The van der Waals surface area contributed by atoms with Gasteiger partial charge in [0, 0.05) is 18.5 Å². The lowest BCUT2D eigenvalue weighted by Crippen LogP contribution is -2.41. The quantitative estimate of drug-likeness (QED) is 0.772. The molecule has 1 fully saturated rings. The maximum atomic E-state index is 12.2. The van der Waals surface area contributed by atoms with E-state index in [4.69, 9.17) is 0 Å². The second-order valence-electron chi connectivity index (χ2n) is 4.25. The molecule has 2 atom stereocenters. The van der Waals surface area contributed by atoms with Crippen LogP contribution in [0, 0.1) is 0 Å². The van der Waals surface area contributed by atoms with Gasteiger partial charge in [-0.2, -0.15) is 0 Å². The molecule has 1 N–H and O–H groups in total. The number of esters is 1. The highest BCUT2D eigenvalue weighted by Crippen LogP contribution is 2.21. The normalized spacial score (nSPS) is 22.9. The fraction of sp³-hybridized carbons (Fsp3) is 0.385. The first-order valence-electron chi connectivity index (χ1n) is 5.75. The van der Waals surface area contributed by atoms with Crippen molar-refractivity contribution >= 4 is 11.9 Å². The molecule has 96 valence electrons. The highest BCUT2D eigenvalue weighted by atomic mass is 16.5. The van der Waals surface area contributed by atoms with Crippen LogP contribution in [-0.4, -0.2) is 47.7 Å². The van der Waals surface area contributed by atoms with Crippen LogP contribution < -0.4 is 0 Å². The Kier molecular flexibility index (Phi) is 3.62.